The fourth-order valence-corrected chi connectivity index (χ4v) is 4.70. The number of carboxylic acids is 1. The summed E-state index contributed by atoms with van der Waals surface area (Å²) in [6.07, 6.45) is 7.67. The molecule has 1 aliphatic heterocycles. The van der Waals surface area contributed by atoms with Crippen molar-refractivity contribution in [2.45, 2.75) is 51.5 Å². The zero-order valence-electron chi connectivity index (χ0n) is 11.3. The molecule has 1 N–H and O–H groups in total. The molecule has 0 aromatic carbocycles. The van der Waals surface area contributed by atoms with Crippen LogP contribution in [0, 0.1) is 23.7 Å². The van der Waals surface area contributed by atoms with Gasteiger partial charge in [0.1, 0.15) is 0 Å². The Labute approximate surface area is 110 Å². The first kappa shape index (κ1) is 12.5. The predicted molar refractivity (Wildman–Crippen MR) is 70.3 cm³/mol. The van der Waals surface area contributed by atoms with Gasteiger partial charge in [-0.05, 0) is 63.3 Å². The third-order valence-electron chi connectivity index (χ3n) is 5.79. The molecule has 1 saturated heterocycles. The Kier molecular flexibility index (Phi) is 3.35. The number of rotatable bonds is 3. The molecular formula is C15H25NO2. The van der Waals surface area contributed by atoms with Crippen molar-refractivity contribution in [2.75, 3.05) is 13.1 Å². The average Bonchev–Trinajstić information content (AvgIpc) is 2.93. The number of aliphatic carboxylic acids is 1. The Morgan fingerprint density at radius 3 is 2.72 bits per heavy atom. The van der Waals surface area contributed by atoms with Gasteiger partial charge in [-0.25, -0.2) is 0 Å². The summed E-state index contributed by atoms with van der Waals surface area (Å²) >= 11 is 0. The Morgan fingerprint density at radius 2 is 2.11 bits per heavy atom. The van der Waals surface area contributed by atoms with E-state index in [1.54, 1.807) is 0 Å². The van der Waals surface area contributed by atoms with Gasteiger partial charge in [0, 0.05) is 12.6 Å². The molecule has 3 unspecified atom stereocenters. The molecule has 0 aromatic rings. The lowest BCUT2D eigenvalue weighted by molar-refractivity contribution is -0.145. The Bertz CT molecular complexity index is 330. The van der Waals surface area contributed by atoms with Crippen molar-refractivity contribution in [3.05, 3.63) is 0 Å². The molecule has 0 radical (unpaired) electrons. The lowest BCUT2D eigenvalue weighted by Gasteiger charge is -2.40. The summed E-state index contributed by atoms with van der Waals surface area (Å²) in [7, 11) is 0. The van der Waals surface area contributed by atoms with E-state index in [9.17, 15) is 9.90 Å². The number of likely N-dealkylation sites (tertiary alicyclic amines) is 1. The van der Waals surface area contributed by atoms with E-state index in [0.717, 1.165) is 43.7 Å². The first-order valence-corrected chi connectivity index (χ1v) is 7.62. The molecule has 0 aromatic heterocycles. The second-order valence-corrected chi connectivity index (χ2v) is 6.76. The van der Waals surface area contributed by atoms with Gasteiger partial charge in [-0.2, -0.15) is 0 Å². The number of piperidine rings is 1. The Balaban J connectivity index is 1.60. The van der Waals surface area contributed by atoms with Crippen LogP contribution in [-0.4, -0.2) is 35.1 Å². The second-order valence-electron chi connectivity index (χ2n) is 6.76. The number of nitrogens with zero attached hydrogens (tertiary/aromatic N) is 1. The molecule has 2 saturated carbocycles. The Morgan fingerprint density at radius 1 is 1.28 bits per heavy atom. The molecular weight excluding hydrogens is 226 g/mol. The van der Waals surface area contributed by atoms with E-state index < -0.39 is 5.97 Å². The molecule has 3 fully saturated rings. The van der Waals surface area contributed by atoms with E-state index in [1.165, 1.54) is 25.7 Å². The van der Waals surface area contributed by atoms with Gasteiger partial charge in [0.05, 0.1) is 5.92 Å². The third kappa shape index (κ3) is 2.18. The molecule has 2 bridgehead atoms. The highest BCUT2D eigenvalue weighted by molar-refractivity contribution is 5.70. The number of hydrogen-bond acceptors (Lipinski definition) is 2. The van der Waals surface area contributed by atoms with Crippen molar-refractivity contribution in [1.82, 2.24) is 4.90 Å². The maximum Gasteiger partial charge on any atom is 0.308 e. The average molecular weight is 251 g/mol. The van der Waals surface area contributed by atoms with Crippen molar-refractivity contribution in [3.8, 4) is 0 Å². The van der Waals surface area contributed by atoms with Gasteiger partial charge in [0.15, 0.2) is 0 Å². The van der Waals surface area contributed by atoms with Crippen molar-refractivity contribution >= 4 is 5.97 Å². The quantitative estimate of drug-likeness (QED) is 0.838. The highest BCUT2D eigenvalue weighted by atomic mass is 16.4. The van der Waals surface area contributed by atoms with Crippen molar-refractivity contribution < 1.29 is 9.90 Å². The molecule has 0 spiro atoms. The van der Waals surface area contributed by atoms with Crippen molar-refractivity contribution in [2.24, 2.45) is 23.7 Å². The topological polar surface area (TPSA) is 40.5 Å². The standard InChI is InChI=1S/C15H25NO2/c1-10-14(15(17)18)3-2-6-16(10)9-13-8-11-4-5-12(13)7-11/h10-14H,2-9H2,1H3,(H,17,18)/t10-,11?,12?,13?,14-/m1/s1. The summed E-state index contributed by atoms with van der Waals surface area (Å²) in [5.41, 5.74) is 0. The first-order chi connectivity index (χ1) is 8.65. The second kappa shape index (κ2) is 4.84. The molecule has 102 valence electrons. The van der Waals surface area contributed by atoms with Gasteiger partial charge in [0.25, 0.3) is 0 Å². The highest BCUT2D eigenvalue weighted by Crippen LogP contribution is 2.48. The van der Waals surface area contributed by atoms with Crippen LogP contribution in [-0.2, 0) is 4.79 Å². The minimum atomic E-state index is -0.597. The summed E-state index contributed by atoms with van der Waals surface area (Å²) in [5.74, 6) is 2.07. The van der Waals surface area contributed by atoms with Crippen LogP contribution in [0.3, 0.4) is 0 Å². The van der Waals surface area contributed by atoms with E-state index in [-0.39, 0.29) is 12.0 Å². The minimum absolute atomic E-state index is 0.141. The van der Waals surface area contributed by atoms with E-state index in [4.69, 9.17) is 0 Å². The molecule has 2 aliphatic carbocycles. The normalized spacial score (nSPS) is 44.4. The third-order valence-corrected chi connectivity index (χ3v) is 5.79. The molecule has 3 nitrogen and oxygen atoms in total. The van der Waals surface area contributed by atoms with Gasteiger partial charge in [-0.1, -0.05) is 6.42 Å². The fraction of sp³-hybridized carbons (Fsp3) is 0.933. The number of carbonyl (C=O) groups is 1. The van der Waals surface area contributed by atoms with Gasteiger partial charge in [-0.3, -0.25) is 9.69 Å². The first-order valence-electron chi connectivity index (χ1n) is 7.62. The molecule has 3 aliphatic rings. The Hall–Kier alpha value is -0.570. The maximum absolute atomic E-state index is 11.2. The van der Waals surface area contributed by atoms with Crippen LogP contribution in [0.4, 0.5) is 0 Å². The van der Waals surface area contributed by atoms with E-state index >= 15 is 0 Å². The van der Waals surface area contributed by atoms with Crippen LogP contribution in [0.1, 0.15) is 45.4 Å². The van der Waals surface area contributed by atoms with Gasteiger partial charge in [-0.15, -0.1) is 0 Å². The summed E-state index contributed by atoms with van der Waals surface area (Å²) in [5, 5.41) is 9.27. The number of hydrogen-bond donors (Lipinski definition) is 1. The van der Waals surface area contributed by atoms with E-state index in [1.807, 2.05) is 0 Å². The molecule has 1 heterocycles. The van der Waals surface area contributed by atoms with E-state index in [2.05, 4.69) is 11.8 Å². The van der Waals surface area contributed by atoms with Gasteiger partial charge >= 0.3 is 5.97 Å². The molecule has 0 amide bonds. The van der Waals surface area contributed by atoms with E-state index in [0.29, 0.717) is 0 Å². The monoisotopic (exact) mass is 251 g/mol. The van der Waals surface area contributed by atoms with Crippen LogP contribution in [0.25, 0.3) is 0 Å². The van der Waals surface area contributed by atoms with Crippen molar-refractivity contribution in [1.29, 1.82) is 0 Å². The molecule has 3 heteroatoms. The van der Waals surface area contributed by atoms with Crippen LogP contribution < -0.4 is 0 Å². The smallest absolute Gasteiger partial charge is 0.308 e. The number of carboxylic acid groups (broad SMARTS) is 1. The van der Waals surface area contributed by atoms with Crippen LogP contribution >= 0.6 is 0 Å². The molecule has 3 rings (SSSR count). The summed E-state index contributed by atoms with van der Waals surface area (Å²) in [6, 6.07) is 0.232. The molecule has 18 heavy (non-hydrogen) atoms. The lowest BCUT2D eigenvalue weighted by atomic mass is 9.85. The minimum Gasteiger partial charge on any atom is -0.481 e. The summed E-state index contributed by atoms with van der Waals surface area (Å²) in [6.45, 7) is 4.39. The van der Waals surface area contributed by atoms with Gasteiger partial charge < -0.3 is 5.11 Å². The predicted octanol–water partition coefficient (Wildman–Crippen LogP) is 2.61. The maximum atomic E-state index is 11.2. The SMILES string of the molecule is C[C@@H]1[C@H](C(=O)O)CCCN1CC1CC2CCC1C2. The van der Waals surface area contributed by atoms with Crippen LogP contribution in [0.2, 0.25) is 0 Å². The van der Waals surface area contributed by atoms with Crippen LogP contribution in [0.5, 0.6) is 0 Å². The van der Waals surface area contributed by atoms with Gasteiger partial charge in [0.2, 0.25) is 0 Å². The zero-order chi connectivity index (χ0) is 12.7. The van der Waals surface area contributed by atoms with Crippen LogP contribution in [0.15, 0.2) is 0 Å². The lowest BCUT2D eigenvalue weighted by Crippen LogP contribution is -2.48. The summed E-state index contributed by atoms with van der Waals surface area (Å²) < 4.78 is 0. The number of fused-ring (bicyclic) bond motifs is 2. The largest absolute Gasteiger partial charge is 0.481 e. The van der Waals surface area contributed by atoms with Crippen molar-refractivity contribution in [3.63, 3.8) is 0 Å². The fourth-order valence-electron chi connectivity index (χ4n) is 4.70. The zero-order valence-corrected chi connectivity index (χ0v) is 11.3. The molecule has 5 atom stereocenters. The highest BCUT2D eigenvalue weighted by Gasteiger charge is 2.42. The summed E-state index contributed by atoms with van der Waals surface area (Å²) in [4.78, 5) is 13.7.